The Hall–Kier alpha value is -1.78. The van der Waals surface area contributed by atoms with Crippen molar-refractivity contribution in [3.63, 3.8) is 0 Å². The molecule has 1 aromatic carbocycles. The van der Waals surface area contributed by atoms with Crippen LogP contribution in [0.5, 0.6) is 0 Å². The lowest BCUT2D eigenvalue weighted by Gasteiger charge is -2.30. The zero-order valence-corrected chi connectivity index (χ0v) is 17.5. The number of nitrogens with one attached hydrogen (secondary N) is 1. The smallest absolute Gasteiger partial charge is 0.217 e. The highest BCUT2D eigenvalue weighted by Crippen LogP contribution is 2.35. The quantitative estimate of drug-likeness (QED) is 0.702. The molecule has 1 aromatic heterocycles. The molecule has 0 bridgehead atoms. The first-order chi connectivity index (χ1) is 13.1. The number of nitrogens with two attached hydrogens (primary N) is 1. The number of pyridine rings is 1. The van der Waals surface area contributed by atoms with Gasteiger partial charge in [0.1, 0.15) is 0 Å². The lowest BCUT2D eigenvalue weighted by atomic mass is 9.84. The van der Waals surface area contributed by atoms with Crippen molar-refractivity contribution in [2.45, 2.75) is 57.4 Å². The van der Waals surface area contributed by atoms with E-state index in [9.17, 15) is 4.79 Å². The molecule has 0 atom stereocenters. The van der Waals surface area contributed by atoms with E-state index >= 15 is 0 Å². The van der Waals surface area contributed by atoms with Crippen LogP contribution >= 0.6 is 24.0 Å². The Morgan fingerprint density at radius 2 is 1.96 bits per heavy atom. The third kappa shape index (κ3) is 4.79. The van der Waals surface area contributed by atoms with E-state index in [1.807, 2.05) is 18.2 Å². The van der Waals surface area contributed by atoms with Crippen molar-refractivity contribution in [2.75, 3.05) is 5.32 Å². The first-order valence-electron chi connectivity index (χ1n) is 9.92. The Kier molecular flexibility index (Phi) is 6.84. The van der Waals surface area contributed by atoms with Crippen molar-refractivity contribution in [3.05, 3.63) is 46.6 Å². The third-order valence-corrected chi connectivity index (χ3v) is 6.10. The summed E-state index contributed by atoms with van der Waals surface area (Å²) in [7, 11) is 0. The molecule has 0 spiro atoms. The van der Waals surface area contributed by atoms with Gasteiger partial charge in [-0.05, 0) is 74.6 Å². The summed E-state index contributed by atoms with van der Waals surface area (Å²) < 4.78 is 0. The van der Waals surface area contributed by atoms with Gasteiger partial charge >= 0.3 is 0 Å². The lowest BCUT2D eigenvalue weighted by Crippen LogP contribution is -2.28. The topological polar surface area (TPSA) is 68.0 Å². The molecule has 0 saturated heterocycles. The van der Waals surface area contributed by atoms with Gasteiger partial charge in [0.2, 0.25) is 5.91 Å². The summed E-state index contributed by atoms with van der Waals surface area (Å²) >= 11 is 6.18. The molecule has 2 aliphatic rings. The molecule has 4 rings (SSSR count). The van der Waals surface area contributed by atoms with Gasteiger partial charge in [-0.3, -0.25) is 9.78 Å². The van der Waals surface area contributed by atoms with Crippen LogP contribution in [0, 0.1) is 5.92 Å². The van der Waals surface area contributed by atoms with Gasteiger partial charge in [0.25, 0.3) is 0 Å². The summed E-state index contributed by atoms with van der Waals surface area (Å²) in [5, 5.41) is 4.52. The summed E-state index contributed by atoms with van der Waals surface area (Å²) in [4.78, 5) is 16.1. The van der Waals surface area contributed by atoms with Crippen LogP contribution in [-0.4, -0.2) is 16.9 Å². The van der Waals surface area contributed by atoms with Crippen LogP contribution in [0.2, 0.25) is 5.02 Å². The monoisotopic (exact) mass is 419 g/mol. The van der Waals surface area contributed by atoms with Gasteiger partial charge in [-0.2, -0.15) is 0 Å². The van der Waals surface area contributed by atoms with Crippen LogP contribution in [0.3, 0.4) is 0 Å². The fourth-order valence-corrected chi connectivity index (χ4v) is 4.67. The molecule has 6 heteroatoms. The molecular formula is C22H27Cl2N3O. The minimum atomic E-state index is -0.176. The van der Waals surface area contributed by atoms with Crippen molar-refractivity contribution >= 4 is 35.6 Å². The molecule has 28 heavy (non-hydrogen) atoms. The number of aromatic nitrogens is 1. The molecule has 3 N–H and O–H groups in total. The maximum Gasteiger partial charge on any atom is 0.217 e. The van der Waals surface area contributed by atoms with Gasteiger partial charge in [-0.25, -0.2) is 0 Å². The second-order valence-corrected chi connectivity index (χ2v) is 8.31. The molecule has 1 saturated carbocycles. The van der Waals surface area contributed by atoms with Crippen molar-refractivity contribution in [2.24, 2.45) is 11.7 Å². The molecule has 0 radical (unpaired) electrons. The zero-order chi connectivity index (χ0) is 18.8. The molecule has 1 amide bonds. The predicted octanol–water partition coefficient (Wildman–Crippen LogP) is 5.16. The van der Waals surface area contributed by atoms with Crippen molar-refractivity contribution in [3.8, 4) is 11.3 Å². The first kappa shape index (κ1) is 20.9. The Morgan fingerprint density at radius 3 is 2.68 bits per heavy atom. The number of primary amides is 1. The molecule has 2 aromatic rings. The Bertz CT molecular complexity index is 848. The van der Waals surface area contributed by atoms with Gasteiger partial charge in [0.15, 0.2) is 0 Å². The number of hydrogen-bond donors (Lipinski definition) is 2. The highest BCUT2D eigenvalue weighted by Gasteiger charge is 2.25. The Labute approximate surface area is 177 Å². The minimum absolute atomic E-state index is 0. The summed E-state index contributed by atoms with van der Waals surface area (Å²) in [5.41, 5.74) is 11.2. The number of benzene rings is 1. The maximum absolute atomic E-state index is 11.2. The Balaban J connectivity index is 0.00000225. The minimum Gasteiger partial charge on any atom is -0.382 e. The van der Waals surface area contributed by atoms with Gasteiger partial charge in [0, 0.05) is 34.4 Å². The van der Waals surface area contributed by atoms with Crippen molar-refractivity contribution < 1.29 is 4.79 Å². The first-order valence-corrected chi connectivity index (χ1v) is 10.3. The van der Waals surface area contributed by atoms with Crippen LogP contribution in [0.25, 0.3) is 11.3 Å². The third-order valence-electron chi connectivity index (χ3n) is 5.87. The average Bonchev–Trinajstić information content (AvgIpc) is 3.12. The van der Waals surface area contributed by atoms with Gasteiger partial charge in [-0.1, -0.05) is 23.7 Å². The number of amides is 1. The molecule has 0 unspecified atom stereocenters. The number of carbonyl (C=O) groups excluding carboxylic acids is 1. The van der Waals surface area contributed by atoms with E-state index in [-0.39, 0.29) is 18.3 Å². The highest BCUT2D eigenvalue weighted by molar-refractivity contribution is 6.30. The Morgan fingerprint density at radius 1 is 1.18 bits per heavy atom. The number of carbonyl (C=O) groups is 1. The number of nitrogens with zero attached hydrogens (tertiary/aromatic N) is 1. The van der Waals surface area contributed by atoms with Crippen LogP contribution in [0.1, 0.15) is 49.8 Å². The van der Waals surface area contributed by atoms with Gasteiger partial charge < -0.3 is 11.1 Å². The van der Waals surface area contributed by atoms with Gasteiger partial charge in [0.05, 0.1) is 5.69 Å². The number of fused-ring (bicyclic) bond motifs is 1. The van der Waals surface area contributed by atoms with Crippen molar-refractivity contribution in [1.82, 2.24) is 4.98 Å². The van der Waals surface area contributed by atoms with E-state index in [1.165, 1.54) is 23.4 Å². The van der Waals surface area contributed by atoms with E-state index in [2.05, 4.69) is 17.4 Å². The van der Waals surface area contributed by atoms with Gasteiger partial charge in [-0.15, -0.1) is 12.4 Å². The molecule has 2 aliphatic carbocycles. The molecule has 1 heterocycles. The molecular weight excluding hydrogens is 393 g/mol. The van der Waals surface area contributed by atoms with E-state index in [1.54, 1.807) is 0 Å². The number of aryl methyl sites for hydroxylation is 1. The number of hydrogen-bond acceptors (Lipinski definition) is 3. The van der Waals surface area contributed by atoms with Crippen molar-refractivity contribution in [1.29, 1.82) is 0 Å². The van der Waals surface area contributed by atoms with E-state index in [4.69, 9.17) is 22.3 Å². The highest BCUT2D eigenvalue weighted by atomic mass is 35.5. The molecule has 4 nitrogen and oxygen atoms in total. The van der Waals surface area contributed by atoms with Crippen LogP contribution in [-0.2, 0) is 17.6 Å². The standard InChI is InChI=1S/C22H26ClN3O.ClH/c23-16-4-1-3-15(12-16)20-13-21(18-5-2-6-19(18)26-20)25-17-9-7-14(8-10-17)11-22(24)27;/h1,3-4,12-14,17H,2,5-11H2,(H2,24,27)(H,25,26);1H/t14-,17-;. The largest absolute Gasteiger partial charge is 0.382 e. The number of rotatable bonds is 5. The summed E-state index contributed by atoms with van der Waals surface area (Å²) in [6, 6.07) is 10.5. The second-order valence-electron chi connectivity index (χ2n) is 7.88. The molecule has 0 aliphatic heterocycles. The van der Waals surface area contributed by atoms with E-state index in [0.29, 0.717) is 18.4 Å². The lowest BCUT2D eigenvalue weighted by molar-refractivity contribution is -0.119. The fourth-order valence-electron chi connectivity index (χ4n) is 4.48. The zero-order valence-electron chi connectivity index (χ0n) is 15.9. The second kappa shape index (κ2) is 9.15. The SMILES string of the molecule is Cl.NC(=O)C[C@H]1CC[C@H](Nc2cc(-c3cccc(Cl)c3)nc3c2CCC3)CC1. The number of anilines is 1. The average molecular weight is 420 g/mol. The van der Waals surface area contributed by atoms with E-state index < -0.39 is 0 Å². The number of halogens is 2. The van der Waals surface area contributed by atoms with Crippen LogP contribution in [0.4, 0.5) is 5.69 Å². The summed E-state index contributed by atoms with van der Waals surface area (Å²) in [6.45, 7) is 0. The van der Waals surface area contributed by atoms with E-state index in [0.717, 1.165) is 54.8 Å². The summed E-state index contributed by atoms with van der Waals surface area (Å²) in [6.07, 6.45) is 8.13. The van der Waals surface area contributed by atoms with Crippen LogP contribution in [0.15, 0.2) is 30.3 Å². The fraction of sp³-hybridized carbons (Fsp3) is 0.455. The van der Waals surface area contributed by atoms with Crippen LogP contribution < -0.4 is 11.1 Å². The predicted molar refractivity (Wildman–Crippen MR) is 117 cm³/mol. The molecule has 150 valence electrons. The summed E-state index contributed by atoms with van der Waals surface area (Å²) in [5.74, 6) is 0.273. The maximum atomic E-state index is 11.2. The molecule has 1 fully saturated rings. The normalized spacial score (nSPS) is 20.9.